The molecule has 0 fully saturated rings. The van der Waals surface area contributed by atoms with Crippen LogP contribution in [0.1, 0.15) is 45.0 Å². The Morgan fingerprint density at radius 1 is 0.867 bits per heavy atom. The summed E-state index contributed by atoms with van der Waals surface area (Å²) in [6.45, 7) is 9.45. The number of nitrogens with one attached hydrogen (secondary N) is 4. The van der Waals surface area contributed by atoms with E-state index in [1.165, 1.54) is 0 Å². The molecule has 3 amide bonds. The molecule has 0 saturated carbocycles. The normalized spacial score (nSPS) is 11.0. The van der Waals surface area contributed by atoms with Crippen molar-refractivity contribution < 1.29 is 14.4 Å². The molecular formula is C23H30N4O3. The van der Waals surface area contributed by atoms with E-state index in [1.807, 2.05) is 34.6 Å². The highest BCUT2D eigenvalue weighted by molar-refractivity contribution is 5.98. The number of hydrogen-bond acceptors (Lipinski definition) is 4. The van der Waals surface area contributed by atoms with E-state index in [0.717, 1.165) is 5.69 Å². The zero-order chi connectivity index (χ0) is 22.3. The van der Waals surface area contributed by atoms with Crippen molar-refractivity contribution in [2.24, 2.45) is 5.92 Å². The van der Waals surface area contributed by atoms with Gasteiger partial charge in [0.25, 0.3) is 5.91 Å². The van der Waals surface area contributed by atoms with Crippen LogP contribution in [-0.2, 0) is 9.59 Å². The van der Waals surface area contributed by atoms with Gasteiger partial charge in [-0.15, -0.1) is 0 Å². The smallest absolute Gasteiger partial charge is 0.251 e. The Kier molecular flexibility index (Phi) is 7.58. The fraction of sp³-hybridized carbons (Fsp3) is 0.348. The number of benzene rings is 2. The van der Waals surface area contributed by atoms with Crippen molar-refractivity contribution in [2.75, 3.05) is 22.5 Å². The molecule has 0 aliphatic rings. The Bertz CT molecular complexity index is 899. The van der Waals surface area contributed by atoms with Crippen molar-refractivity contribution in [3.8, 4) is 0 Å². The van der Waals surface area contributed by atoms with Gasteiger partial charge in [0, 0.05) is 34.1 Å². The van der Waals surface area contributed by atoms with Crippen LogP contribution in [0.25, 0.3) is 0 Å². The highest BCUT2D eigenvalue weighted by Gasteiger charge is 2.15. The summed E-state index contributed by atoms with van der Waals surface area (Å²) in [4.78, 5) is 36.2. The van der Waals surface area contributed by atoms with E-state index < -0.39 is 0 Å². The van der Waals surface area contributed by atoms with Crippen molar-refractivity contribution in [3.63, 3.8) is 0 Å². The molecule has 7 heteroatoms. The second-order valence-corrected chi connectivity index (χ2v) is 8.41. The zero-order valence-corrected chi connectivity index (χ0v) is 18.1. The van der Waals surface area contributed by atoms with Gasteiger partial charge < -0.3 is 21.3 Å². The van der Waals surface area contributed by atoms with E-state index in [1.54, 1.807) is 48.5 Å². The lowest BCUT2D eigenvalue weighted by Gasteiger charge is -2.20. The lowest BCUT2D eigenvalue weighted by molar-refractivity contribution is -0.119. The van der Waals surface area contributed by atoms with Crippen LogP contribution in [0.5, 0.6) is 0 Å². The Balaban J connectivity index is 1.88. The Hall–Kier alpha value is -3.35. The van der Waals surface area contributed by atoms with Gasteiger partial charge in [-0.25, -0.2) is 0 Å². The number of hydrogen-bond donors (Lipinski definition) is 4. The molecule has 4 N–H and O–H groups in total. The van der Waals surface area contributed by atoms with E-state index >= 15 is 0 Å². The summed E-state index contributed by atoms with van der Waals surface area (Å²) in [5.41, 5.74) is 2.15. The number of amides is 3. The van der Waals surface area contributed by atoms with E-state index in [0.29, 0.717) is 16.9 Å². The van der Waals surface area contributed by atoms with E-state index in [9.17, 15) is 14.4 Å². The summed E-state index contributed by atoms with van der Waals surface area (Å²) in [6, 6.07) is 13.9. The second kappa shape index (κ2) is 9.91. The minimum absolute atomic E-state index is 0.0477. The highest BCUT2D eigenvalue weighted by Crippen LogP contribution is 2.15. The molecular weight excluding hydrogens is 380 g/mol. The van der Waals surface area contributed by atoms with Crippen molar-refractivity contribution >= 4 is 34.8 Å². The maximum absolute atomic E-state index is 12.3. The van der Waals surface area contributed by atoms with Crippen LogP contribution in [0, 0.1) is 5.92 Å². The molecule has 0 aliphatic carbocycles. The second-order valence-electron chi connectivity index (χ2n) is 8.41. The summed E-state index contributed by atoms with van der Waals surface area (Å²) >= 11 is 0. The number of carbonyl (C=O) groups excluding carboxylic acids is 3. The lowest BCUT2D eigenvalue weighted by atomic mass is 10.1. The van der Waals surface area contributed by atoms with Gasteiger partial charge in [-0.05, 0) is 63.2 Å². The molecule has 2 aromatic carbocycles. The maximum atomic E-state index is 12.3. The first kappa shape index (κ1) is 22.9. The molecule has 160 valence electrons. The molecule has 0 heterocycles. The zero-order valence-electron chi connectivity index (χ0n) is 18.1. The quantitative estimate of drug-likeness (QED) is 0.557. The van der Waals surface area contributed by atoms with Gasteiger partial charge in [0.05, 0.1) is 6.54 Å². The van der Waals surface area contributed by atoms with Crippen LogP contribution in [0.2, 0.25) is 0 Å². The topological polar surface area (TPSA) is 99.3 Å². The van der Waals surface area contributed by atoms with Gasteiger partial charge in [0.15, 0.2) is 0 Å². The molecule has 0 radical (unpaired) electrons. The van der Waals surface area contributed by atoms with Crippen LogP contribution < -0.4 is 21.3 Å². The third-order valence-electron chi connectivity index (χ3n) is 4.03. The predicted molar refractivity (Wildman–Crippen MR) is 121 cm³/mol. The third kappa shape index (κ3) is 7.58. The monoisotopic (exact) mass is 410 g/mol. The van der Waals surface area contributed by atoms with Crippen LogP contribution in [0.4, 0.5) is 17.1 Å². The predicted octanol–water partition coefficient (Wildman–Crippen LogP) is 3.86. The van der Waals surface area contributed by atoms with Gasteiger partial charge in [0.1, 0.15) is 0 Å². The minimum Gasteiger partial charge on any atom is -0.376 e. The van der Waals surface area contributed by atoms with E-state index in [-0.39, 0.29) is 35.7 Å². The van der Waals surface area contributed by atoms with Crippen LogP contribution in [0.3, 0.4) is 0 Å². The van der Waals surface area contributed by atoms with Crippen LogP contribution in [-0.4, -0.2) is 29.8 Å². The molecule has 0 aliphatic heterocycles. The van der Waals surface area contributed by atoms with E-state index in [2.05, 4.69) is 21.3 Å². The Morgan fingerprint density at radius 3 is 2.10 bits per heavy atom. The van der Waals surface area contributed by atoms with Crippen molar-refractivity contribution in [1.29, 1.82) is 0 Å². The van der Waals surface area contributed by atoms with Crippen molar-refractivity contribution in [2.45, 2.75) is 40.2 Å². The summed E-state index contributed by atoms with van der Waals surface area (Å²) in [5, 5.41) is 11.5. The summed E-state index contributed by atoms with van der Waals surface area (Å²) in [6.07, 6.45) is 0. The minimum atomic E-state index is -0.340. The molecule has 0 spiro atoms. The average Bonchev–Trinajstić information content (AvgIpc) is 2.66. The molecule has 7 nitrogen and oxygen atoms in total. The first-order valence-electron chi connectivity index (χ1n) is 9.91. The van der Waals surface area contributed by atoms with Gasteiger partial charge >= 0.3 is 0 Å². The molecule has 2 aromatic rings. The highest BCUT2D eigenvalue weighted by atomic mass is 16.2. The van der Waals surface area contributed by atoms with Gasteiger partial charge in [0.2, 0.25) is 11.8 Å². The first-order valence-corrected chi connectivity index (χ1v) is 9.91. The standard InChI is InChI=1S/C23H30N4O3/c1-15(2)21(29)26-18-11-9-17(10-12-18)24-14-20(28)25-19-8-6-7-16(13-19)22(30)27-23(3,4)5/h6-13,15,24H,14H2,1-5H3,(H,25,28)(H,26,29)(H,27,30). The van der Waals surface area contributed by atoms with Crippen molar-refractivity contribution in [1.82, 2.24) is 5.32 Å². The molecule has 0 aromatic heterocycles. The SMILES string of the molecule is CC(C)C(=O)Nc1ccc(NCC(=O)Nc2cccc(C(=O)NC(C)(C)C)c2)cc1. The molecule has 0 unspecified atom stereocenters. The number of anilines is 3. The largest absolute Gasteiger partial charge is 0.376 e. The fourth-order valence-corrected chi connectivity index (χ4v) is 2.50. The van der Waals surface area contributed by atoms with Crippen LogP contribution >= 0.6 is 0 Å². The molecule has 0 bridgehead atoms. The average molecular weight is 411 g/mol. The number of rotatable bonds is 7. The lowest BCUT2D eigenvalue weighted by Crippen LogP contribution is -2.40. The maximum Gasteiger partial charge on any atom is 0.251 e. The number of carbonyl (C=O) groups is 3. The Morgan fingerprint density at radius 2 is 1.50 bits per heavy atom. The molecule has 2 rings (SSSR count). The third-order valence-corrected chi connectivity index (χ3v) is 4.03. The molecule has 0 atom stereocenters. The fourth-order valence-electron chi connectivity index (χ4n) is 2.50. The van der Waals surface area contributed by atoms with Gasteiger partial charge in [-0.2, -0.15) is 0 Å². The first-order chi connectivity index (χ1) is 14.0. The molecule has 0 saturated heterocycles. The summed E-state index contributed by atoms with van der Waals surface area (Å²) in [5.74, 6) is -0.569. The van der Waals surface area contributed by atoms with Gasteiger partial charge in [-0.3, -0.25) is 14.4 Å². The van der Waals surface area contributed by atoms with Crippen molar-refractivity contribution in [3.05, 3.63) is 54.1 Å². The van der Waals surface area contributed by atoms with Gasteiger partial charge in [-0.1, -0.05) is 19.9 Å². The Labute approximate surface area is 177 Å². The van der Waals surface area contributed by atoms with Crippen LogP contribution in [0.15, 0.2) is 48.5 Å². The summed E-state index contributed by atoms with van der Waals surface area (Å²) < 4.78 is 0. The molecule has 30 heavy (non-hydrogen) atoms. The van der Waals surface area contributed by atoms with E-state index in [4.69, 9.17) is 0 Å². The summed E-state index contributed by atoms with van der Waals surface area (Å²) in [7, 11) is 0.